The Kier molecular flexibility index (Phi) is 5.37. The Morgan fingerprint density at radius 3 is 2.94 bits per heavy atom. The lowest BCUT2D eigenvalue weighted by Gasteiger charge is -2.17. The fourth-order valence-electron chi connectivity index (χ4n) is 3.75. The van der Waals surface area contributed by atoms with E-state index in [0.717, 1.165) is 0 Å². The number of hydrogen-bond acceptors (Lipinski definition) is 6. The van der Waals surface area contributed by atoms with Crippen molar-refractivity contribution in [1.29, 1.82) is 0 Å². The number of aliphatic hydroxyl groups is 1. The normalized spacial score (nSPS) is 18.6. The Bertz CT molecular complexity index is 1370. The van der Waals surface area contributed by atoms with Crippen LogP contribution in [0.3, 0.4) is 0 Å². The van der Waals surface area contributed by atoms with Crippen LogP contribution in [0.5, 0.6) is 0 Å². The highest BCUT2D eigenvalue weighted by atomic mass is 35.5. The number of anilines is 2. The summed E-state index contributed by atoms with van der Waals surface area (Å²) in [4.78, 5) is 20.6. The van der Waals surface area contributed by atoms with E-state index in [1.807, 2.05) is 6.92 Å². The van der Waals surface area contributed by atoms with Crippen molar-refractivity contribution in [2.75, 3.05) is 17.2 Å². The third-order valence-electron chi connectivity index (χ3n) is 5.64. The second-order valence-corrected chi connectivity index (χ2v) is 8.48. The highest BCUT2D eigenvalue weighted by molar-refractivity contribution is 6.35. The van der Waals surface area contributed by atoms with Gasteiger partial charge in [0.05, 0.1) is 46.4 Å². The average Bonchev–Trinajstić information content (AvgIpc) is 3.15. The first-order valence-electron chi connectivity index (χ1n) is 10.4. The lowest BCUT2D eigenvalue weighted by atomic mass is 10.0. The lowest BCUT2D eigenvalue weighted by molar-refractivity contribution is -0.117. The van der Waals surface area contributed by atoms with E-state index in [0.29, 0.717) is 34.2 Å². The summed E-state index contributed by atoms with van der Waals surface area (Å²) in [6.45, 7) is 1.78. The number of fused-ring (bicyclic) bond motifs is 2. The molecule has 1 aliphatic carbocycles. The van der Waals surface area contributed by atoms with Gasteiger partial charge < -0.3 is 20.1 Å². The van der Waals surface area contributed by atoms with E-state index >= 15 is 4.39 Å². The minimum absolute atomic E-state index is 0.0416. The van der Waals surface area contributed by atoms with Gasteiger partial charge in [0.25, 0.3) is 0 Å². The molecule has 1 fully saturated rings. The maximum Gasteiger partial charge on any atom is 0.231 e. The molecule has 172 valence electrons. The smallest absolute Gasteiger partial charge is 0.231 e. The fraction of sp³-hybridized carbons (Fsp3) is 0.333. The predicted molar refractivity (Wildman–Crippen MR) is 119 cm³/mol. The molecule has 1 unspecified atom stereocenters. The zero-order valence-electron chi connectivity index (χ0n) is 17.4. The quantitative estimate of drug-likeness (QED) is 0.324. The first kappa shape index (κ1) is 21.5. The summed E-state index contributed by atoms with van der Waals surface area (Å²) in [5, 5.41) is 22.1. The van der Waals surface area contributed by atoms with Crippen LogP contribution in [0.4, 0.5) is 20.3 Å². The van der Waals surface area contributed by atoms with E-state index in [4.69, 9.17) is 16.7 Å². The number of imidazole rings is 1. The summed E-state index contributed by atoms with van der Waals surface area (Å²) in [6.07, 6.45) is 5.73. The molecule has 0 saturated heterocycles. The number of benzene rings is 1. The zero-order valence-corrected chi connectivity index (χ0v) is 18.2. The molecule has 3 aromatic heterocycles. The molecular weight excluding hydrogens is 456 g/mol. The number of nitrogens with zero attached hydrogens (tertiary/aromatic N) is 4. The van der Waals surface area contributed by atoms with Crippen molar-refractivity contribution >= 4 is 45.6 Å². The maximum atomic E-state index is 15.3. The molecule has 1 aromatic carbocycles. The molecule has 0 bridgehead atoms. The number of carbonyl (C=O) groups is 1. The van der Waals surface area contributed by atoms with Crippen LogP contribution < -0.4 is 10.6 Å². The van der Waals surface area contributed by atoms with Gasteiger partial charge in [-0.3, -0.25) is 14.9 Å². The summed E-state index contributed by atoms with van der Waals surface area (Å²) in [6, 6.07) is -0.199. The summed E-state index contributed by atoms with van der Waals surface area (Å²) < 4.78 is 30.0. The van der Waals surface area contributed by atoms with Crippen molar-refractivity contribution in [3.05, 3.63) is 35.6 Å². The largest absolute Gasteiger partial charge is 0.396 e. The Balaban J connectivity index is 1.53. The van der Waals surface area contributed by atoms with Crippen molar-refractivity contribution in [3.8, 4) is 11.3 Å². The number of halogens is 3. The van der Waals surface area contributed by atoms with Crippen molar-refractivity contribution in [2.24, 2.45) is 5.92 Å². The van der Waals surface area contributed by atoms with Crippen LogP contribution in [0, 0.1) is 11.7 Å². The van der Waals surface area contributed by atoms with E-state index in [2.05, 4.69) is 30.8 Å². The van der Waals surface area contributed by atoms with Gasteiger partial charge in [0.2, 0.25) is 5.91 Å². The van der Waals surface area contributed by atoms with Gasteiger partial charge in [-0.15, -0.1) is 0 Å². The van der Waals surface area contributed by atoms with Crippen LogP contribution >= 0.6 is 11.6 Å². The van der Waals surface area contributed by atoms with Gasteiger partial charge in [-0.1, -0.05) is 11.6 Å². The third kappa shape index (κ3) is 3.87. The number of aliphatic hydroxyl groups excluding tert-OH is 1. The van der Waals surface area contributed by atoms with Gasteiger partial charge in [0.15, 0.2) is 17.3 Å². The molecule has 33 heavy (non-hydrogen) atoms. The first-order chi connectivity index (χ1) is 15.9. The van der Waals surface area contributed by atoms with Crippen LogP contribution in [0.15, 0.2) is 24.8 Å². The molecule has 0 aliphatic heterocycles. The van der Waals surface area contributed by atoms with E-state index in [-0.39, 0.29) is 35.6 Å². The number of alkyl halides is 1. The second-order valence-electron chi connectivity index (χ2n) is 8.11. The minimum atomic E-state index is -1.10. The first-order valence-corrected chi connectivity index (χ1v) is 10.8. The van der Waals surface area contributed by atoms with Gasteiger partial charge >= 0.3 is 0 Å². The van der Waals surface area contributed by atoms with Crippen LogP contribution in [-0.4, -0.2) is 54.4 Å². The van der Waals surface area contributed by atoms with Crippen LogP contribution in [0.25, 0.3) is 27.8 Å². The topological polar surface area (TPSA) is 120 Å². The van der Waals surface area contributed by atoms with Crippen molar-refractivity contribution in [1.82, 2.24) is 24.6 Å². The van der Waals surface area contributed by atoms with E-state index in [9.17, 15) is 9.18 Å². The van der Waals surface area contributed by atoms with Crippen LogP contribution in [0.2, 0.25) is 5.02 Å². The van der Waals surface area contributed by atoms with Gasteiger partial charge in [0, 0.05) is 29.8 Å². The molecule has 3 atom stereocenters. The van der Waals surface area contributed by atoms with E-state index < -0.39 is 23.8 Å². The molecule has 12 heteroatoms. The number of rotatable bonds is 7. The number of hydrogen-bond donors (Lipinski definition) is 4. The van der Waals surface area contributed by atoms with Crippen LogP contribution in [0.1, 0.15) is 19.8 Å². The molecule has 9 nitrogen and oxygen atoms in total. The van der Waals surface area contributed by atoms with Gasteiger partial charge in [0.1, 0.15) is 6.17 Å². The molecule has 4 aromatic rings. The highest BCUT2D eigenvalue weighted by Gasteiger charge is 2.43. The van der Waals surface area contributed by atoms with Gasteiger partial charge in [-0.2, -0.15) is 5.10 Å². The Hall–Kier alpha value is -3.31. The van der Waals surface area contributed by atoms with Crippen molar-refractivity contribution < 1.29 is 18.7 Å². The number of aromatic nitrogens is 5. The standard InChI is InChI=1S/C21H20ClF2N7O2/c1-9(2-3-32)27-20-18(24)17(22)16(11-5-26-30-19(11)20)13-7-31-8-14(28-15(31)6-25-13)29-21(33)10-4-12(10)23/h5-10,12,27,32H,2-4H2,1H3,(H,26,30)(H,29,33)/t9?,10-,12+/m1/s1. The number of H-pyrrole nitrogens is 1. The fourth-order valence-corrected chi connectivity index (χ4v) is 4.05. The average molecular weight is 476 g/mol. The van der Waals surface area contributed by atoms with Gasteiger partial charge in [-0.05, 0) is 19.8 Å². The molecule has 0 spiro atoms. The molecule has 1 aliphatic rings. The highest BCUT2D eigenvalue weighted by Crippen LogP contribution is 2.41. The monoisotopic (exact) mass is 475 g/mol. The number of carbonyl (C=O) groups excluding carboxylic acids is 1. The number of amides is 1. The zero-order chi connectivity index (χ0) is 23.3. The van der Waals surface area contributed by atoms with Crippen molar-refractivity contribution in [3.63, 3.8) is 0 Å². The van der Waals surface area contributed by atoms with Crippen molar-refractivity contribution in [2.45, 2.75) is 32.0 Å². The summed E-state index contributed by atoms with van der Waals surface area (Å²) >= 11 is 6.45. The predicted octanol–water partition coefficient (Wildman–Crippen LogP) is 3.54. The SMILES string of the molecule is CC(CCO)Nc1c(F)c(Cl)c(-c2cn3cc(NC(=O)[C@@H]4C[C@@H]4F)nc3cn2)c2cn[nH]c12. The summed E-state index contributed by atoms with van der Waals surface area (Å²) in [7, 11) is 0. The van der Waals surface area contributed by atoms with Gasteiger partial charge in [-0.25, -0.2) is 13.8 Å². The van der Waals surface area contributed by atoms with E-state index in [1.54, 1.807) is 16.8 Å². The molecule has 0 radical (unpaired) electrons. The molecule has 5 rings (SSSR count). The molecule has 1 saturated carbocycles. The molecule has 1 amide bonds. The molecule has 4 N–H and O–H groups in total. The molecular formula is C21H20ClF2N7O2. The number of aromatic amines is 1. The Morgan fingerprint density at radius 2 is 2.21 bits per heavy atom. The maximum absolute atomic E-state index is 15.3. The number of nitrogens with one attached hydrogen (secondary N) is 3. The Morgan fingerprint density at radius 1 is 1.42 bits per heavy atom. The molecule has 3 heterocycles. The third-order valence-corrected chi connectivity index (χ3v) is 6.00. The Labute approximate surface area is 191 Å². The minimum Gasteiger partial charge on any atom is -0.396 e. The lowest BCUT2D eigenvalue weighted by Crippen LogP contribution is -2.18. The van der Waals surface area contributed by atoms with E-state index in [1.165, 1.54) is 12.4 Å². The summed E-state index contributed by atoms with van der Waals surface area (Å²) in [5.74, 6) is -1.45. The second kappa shape index (κ2) is 8.23. The summed E-state index contributed by atoms with van der Waals surface area (Å²) in [5.41, 5.74) is 1.74. The van der Waals surface area contributed by atoms with Crippen LogP contribution in [-0.2, 0) is 4.79 Å².